The summed E-state index contributed by atoms with van der Waals surface area (Å²) in [6.07, 6.45) is 14.0. The van der Waals surface area contributed by atoms with Crippen LogP contribution in [0.2, 0.25) is 0 Å². The second-order valence-electron chi connectivity index (χ2n) is 7.08. The van der Waals surface area contributed by atoms with Crippen LogP contribution >= 0.6 is 0 Å². The van der Waals surface area contributed by atoms with E-state index in [1.807, 2.05) is 0 Å². The molecule has 0 radical (unpaired) electrons. The van der Waals surface area contributed by atoms with Crippen LogP contribution in [0.4, 0.5) is 0 Å². The molecule has 1 aliphatic heterocycles. The topological polar surface area (TPSA) is 38.3 Å². The van der Waals surface area contributed by atoms with Gasteiger partial charge in [-0.1, -0.05) is 32.1 Å². The van der Waals surface area contributed by atoms with E-state index in [4.69, 9.17) is 4.74 Å². The van der Waals surface area contributed by atoms with Gasteiger partial charge in [0.05, 0.1) is 6.61 Å². The molecule has 1 saturated heterocycles. The Hall–Kier alpha value is -0.570. The molecule has 3 atom stereocenters. The Balaban J connectivity index is 1.42. The fourth-order valence-corrected chi connectivity index (χ4v) is 4.34. The van der Waals surface area contributed by atoms with Gasteiger partial charge in [0.25, 0.3) is 0 Å². The summed E-state index contributed by atoms with van der Waals surface area (Å²) in [7, 11) is 0. The van der Waals surface area contributed by atoms with Crippen molar-refractivity contribution in [3.63, 3.8) is 0 Å². The molecule has 0 spiro atoms. The zero-order valence-electron chi connectivity index (χ0n) is 12.6. The summed E-state index contributed by atoms with van der Waals surface area (Å²) in [5.41, 5.74) is 0. The van der Waals surface area contributed by atoms with Crippen molar-refractivity contribution in [2.75, 3.05) is 6.61 Å². The molecule has 3 fully saturated rings. The quantitative estimate of drug-likeness (QED) is 0.804. The van der Waals surface area contributed by atoms with E-state index in [2.05, 4.69) is 5.32 Å². The lowest BCUT2D eigenvalue weighted by Crippen LogP contribution is -2.52. The van der Waals surface area contributed by atoms with Crippen molar-refractivity contribution < 1.29 is 9.53 Å². The highest BCUT2D eigenvalue weighted by molar-refractivity contribution is 5.76. The zero-order chi connectivity index (χ0) is 13.8. The van der Waals surface area contributed by atoms with Gasteiger partial charge in [0.1, 0.15) is 6.04 Å². The van der Waals surface area contributed by atoms with Crippen molar-refractivity contribution in [3.8, 4) is 0 Å². The van der Waals surface area contributed by atoms with E-state index in [-0.39, 0.29) is 12.0 Å². The minimum absolute atomic E-state index is 0.0135. The van der Waals surface area contributed by atoms with Crippen molar-refractivity contribution in [3.05, 3.63) is 0 Å². The molecule has 1 heterocycles. The van der Waals surface area contributed by atoms with E-state index in [1.54, 1.807) is 0 Å². The van der Waals surface area contributed by atoms with Gasteiger partial charge in [0.2, 0.25) is 0 Å². The highest BCUT2D eigenvalue weighted by Gasteiger charge is 2.35. The number of carbonyl (C=O) groups is 1. The molecule has 2 aliphatic carbocycles. The molecular weight excluding hydrogens is 250 g/mol. The Bertz CT molecular complexity index is 325. The third-order valence-electron chi connectivity index (χ3n) is 5.62. The minimum Gasteiger partial charge on any atom is -0.464 e. The molecule has 0 aromatic rings. The number of hydrogen-bond acceptors (Lipinski definition) is 3. The normalized spacial score (nSPS) is 35.3. The highest BCUT2D eigenvalue weighted by Crippen LogP contribution is 2.32. The molecule has 3 aliphatic rings. The van der Waals surface area contributed by atoms with E-state index < -0.39 is 0 Å². The predicted molar refractivity (Wildman–Crippen MR) is 79.4 cm³/mol. The number of carbonyl (C=O) groups excluding carboxylic acids is 1. The van der Waals surface area contributed by atoms with Crippen LogP contribution in [0.25, 0.3) is 0 Å². The van der Waals surface area contributed by atoms with Crippen molar-refractivity contribution >= 4 is 5.97 Å². The lowest BCUT2D eigenvalue weighted by atomic mass is 9.78. The summed E-state index contributed by atoms with van der Waals surface area (Å²) in [5.74, 6) is 1.45. The largest absolute Gasteiger partial charge is 0.464 e. The lowest BCUT2D eigenvalue weighted by molar-refractivity contribution is -0.149. The van der Waals surface area contributed by atoms with Crippen LogP contribution < -0.4 is 5.32 Å². The number of hydrogen-bond donors (Lipinski definition) is 1. The monoisotopic (exact) mass is 279 g/mol. The maximum absolute atomic E-state index is 12.2. The maximum atomic E-state index is 12.2. The van der Waals surface area contributed by atoms with E-state index in [0.717, 1.165) is 12.3 Å². The van der Waals surface area contributed by atoms with Crippen molar-refractivity contribution in [1.82, 2.24) is 5.32 Å². The molecule has 114 valence electrons. The summed E-state index contributed by atoms with van der Waals surface area (Å²) in [4.78, 5) is 12.2. The summed E-state index contributed by atoms with van der Waals surface area (Å²) in [6.45, 7) is 0.658. The Morgan fingerprint density at radius 3 is 2.50 bits per heavy atom. The Morgan fingerprint density at radius 2 is 1.65 bits per heavy atom. The van der Waals surface area contributed by atoms with Crippen LogP contribution in [0, 0.1) is 11.8 Å². The van der Waals surface area contributed by atoms with Crippen LogP contribution in [-0.2, 0) is 9.53 Å². The van der Waals surface area contributed by atoms with Crippen LogP contribution in [0.15, 0.2) is 0 Å². The molecule has 0 aromatic heterocycles. The van der Waals surface area contributed by atoms with Crippen molar-refractivity contribution in [2.24, 2.45) is 11.8 Å². The minimum atomic E-state index is -0.0297. The van der Waals surface area contributed by atoms with Crippen molar-refractivity contribution in [1.29, 1.82) is 0 Å². The Morgan fingerprint density at radius 1 is 0.900 bits per heavy atom. The third kappa shape index (κ3) is 3.55. The van der Waals surface area contributed by atoms with Gasteiger partial charge in [-0.3, -0.25) is 4.79 Å². The van der Waals surface area contributed by atoms with Crippen molar-refractivity contribution in [2.45, 2.75) is 82.7 Å². The first kappa shape index (κ1) is 14.4. The zero-order valence-corrected chi connectivity index (χ0v) is 12.6. The van der Waals surface area contributed by atoms with Gasteiger partial charge in [0, 0.05) is 6.04 Å². The molecule has 2 saturated carbocycles. The number of esters is 1. The second-order valence-corrected chi connectivity index (χ2v) is 7.08. The summed E-state index contributed by atoms with van der Waals surface area (Å²) in [6, 6.07) is 0.544. The van der Waals surface area contributed by atoms with E-state index >= 15 is 0 Å². The molecule has 3 nitrogen and oxygen atoms in total. The number of piperidine rings is 1. The van der Waals surface area contributed by atoms with E-state index in [0.29, 0.717) is 18.6 Å². The van der Waals surface area contributed by atoms with Crippen LogP contribution in [-0.4, -0.2) is 24.7 Å². The molecule has 20 heavy (non-hydrogen) atoms. The van der Waals surface area contributed by atoms with E-state index in [1.165, 1.54) is 64.2 Å². The standard InChI is InChI=1S/C17H29NO2/c19-17(20-12-13-6-2-1-3-7-13)16-11-10-14-8-4-5-9-15(14)18-16/h13-16,18H,1-12H2. The number of ether oxygens (including phenoxy) is 1. The average Bonchev–Trinajstić information content (AvgIpc) is 2.53. The summed E-state index contributed by atoms with van der Waals surface area (Å²) < 4.78 is 5.60. The van der Waals surface area contributed by atoms with Crippen LogP contribution in [0.5, 0.6) is 0 Å². The van der Waals surface area contributed by atoms with Gasteiger partial charge < -0.3 is 10.1 Å². The van der Waals surface area contributed by atoms with Gasteiger partial charge >= 0.3 is 5.97 Å². The lowest BCUT2D eigenvalue weighted by Gasteiger charge is -2.39. The predicted octanol–water partition coefficient (Wildman–Crippen LogP) is 3.42. The smallest absolute Gasteiger partial charge is 0.323 e. The Labute approximate surface area is 122 Å². The van der Waals surface area contributed by atoms with Gasteiger partial charge in [0.15, 0.2) is 0 Å². The van der Waals surface area contributed by atoms with Gasteiger partial charge in [-0.2, -0.15) is 0 Å². The molecule has 1 N–H and O–H groups in total. The molecule has 3 rings (SSSR count). The van der Waals surface area contributed by atoms with Gasteiger partial charge in [-0.15, -0.1) is 0 Å². The van der Waals surface area contributed by atoms with E-state index in [9.17, 15) is 4.79 Å². The Kier molecular flexibility index (Phi) is 4.98. The first-order valence-electron chi connectivity index (χ1n) is 8.75. The molecule has 0 bridgehead atoms. The van der Waals surface area contributed by atoms with Crippen LogP contribution in [0.1, 0.15) is 70.6 Å². The van der Waals surface area contributed by atoms with Gasteiger partial charge in [-0.25, -0.2) is 0 Å². The molecule has 3 heteroatoms. The molecule has 0 amide bonds. The number of nitrogens with one attached hydrogen (secondary N) is 1. The second kappa shape index (κ2) is 6.93. The van der Waals surface area contributed by atoms with Crippen LogP contribution in [0.3, 0.4) is 0 Å². The fourth-order valence-electron chi connectivity index (χ4n) is 4.34. The maximum Gasteiger partial charge on any atom is 0.323 e. The third-order valence-corrected chi connectivity index (χ3v) is 5.62. The van der Waals surface area contributed by atoms with Gasteiger partial charge in [-0.05, 0) is 50.4 Å². The SMILES string of the molecule is O=C(OCC1CCCCC1)C1CCC2CCCCC2N1. The summed E-state index contributed by atoms with van der Waals surface area (Å²) >= 11 is 0. The number of fused-ring (bicyclic) bond motifs is 1. The average molecular weight is 279 g/mol. The number of rotatable bonds is 3. The first-order chi connectivity index (χ1) is 9.83. The fraction of sp³-hybridized carbons (Fsp3) is 0.941. The highest BCUT2D eigenvalue weighted by atomic mass is 16.5. The molecular formula is C17H29NO2. The molecule has 0 aromatic carbocycles. The molecule has 3 unspecified atom stereocenters. The summed E-state index contributed by atoms with van der Waals surface area (Å²) in [5, 5.41) is 3.57. The first-order valence-corrected chi connectivity index (χ1v) is 8.75.